The van der Waals surface area contributed by atoms with E-state index in [0.717, 1.165) is 67.6 Å². The second-order valence-electron chi connectivity index (χ2n) is 12.9. The SMILES string of the molecule is c1ccc2c(c1)Oc1cc(N(c3ccc4oc5ccccc5c4c3)c3cccc4ccccc34)ccc1N2c1ccc2c(c1)sc1ccccc12. The van der Waals surface area contributed by atoms with Gasteiger partial charge in [-0.05, 0) is 78.2 Å². The van der Waals surface area contributed by atoms with E-state index in [2.05, 4.69) is 161 Å². The van der Waals surface area contributed by atoms with Crippen LogP contribution < -0.4 is 14.5 Å². The molecule has 2 aromatic heterocycles. The van der Waals surface area contributed by atoms with E-state index in [-0.39, 0.29) is 0 Å². The third-order valence-corrected chi connectivity index (χ3v) is 11.1. The molecule has 0 saturated carbocycles. The molecule has 0 unspecified atom stereocenters. The fourth-order valence-electron chi connectivity index (χ4n) is 7.70. The summed E-state index contributed by atoms with van der Waals surface area (Å²) in [6.07, 6.45) is 0. The Kier molecular flexibility index (Phi) is 6.09. The van der Waals surface area contributed by atoms with Crippen LogP contribution in [0.15, 0.2) is 174 Å². The summed E-state index contributed by atoms with van der Waals surface area (Å²) in [5.41, 5.74) is 7.98. The van der Waals surface area contributed by atoms with Gasteiger partial charge in [-0.3, -0.25) is 0 Å². The zero-order valence-corrected chi connectivity index (χ0v) is 28.1. The van der Waals surface area contributed by atoms with Gasteiger partial charge in [0.15, 0.2) is 11.5 Å². The van der Waals surface area contributed by atoms with Gasteiger partial charge < -0.3 is 19.0 Å². The van der Waals surface area contributed by atoms with Crippen molar-refractivity contribution in [3.8, 4) is 11.5 Å². The molecule has 1 aliphatic rings. The maximum absolute atomic E-state index is 6.75. The number of fused-ring (bicyclic) bond motifs is 9. The van der Waals surface area contributed by atoms with Gasteiger partial charge in [0.05, 0.1) is 22.7 Å². The summed E-state index contributed by atoms with van der Waals surface area (Å²) < 4.78 is 15.5. The smallest absolute Gasteiger partial charge is 0.153 e. The minimum absolute atomic E-state index is 0.794. The molecule has 0 bridgehead atoms. The Morgan fingerprint density at radius 3 is 2.12 bits per heavy atom. The minimum atomic E-state index is 0.794. The van der Waals surface area contributed by atoms with Gasteiger partial charge in [0, 0.05) is 53.8 Å². The Labute approximate surface area is 297 Å². The standard InChI is InChI=1S/C46H28N2O2S/c1-2-12-33-29(10-1)11-9-16-38(33)47(30-22-25-42-37(26-30)34-13-3-6-17-41(34)49-42)31-21-24-40-44(27-31)50-43-18-7-5-15-39(43)48(40)32-20-23-36-35-14-4-8-19-45(35)51-46(36)28-32/h1-28H. The lowest BCUT2D eigenvalue weighted by Crippen LogP contribution is -2.17. The van der Waals surface area contributed by atoms with Crippen molar-refractivity contribution in [2.24, 2.45) is 0 Å². The lowest BCUT2D eigenvalue weighted by atomic mass is 10.0. The highest BCUT2D eigenvalue weighted by molar-refractivity contribution is 7.25. The Morgan fingerprint density at radius 1 is 0.451 bits per heavy atom. The molecule has 0 saturated heterocycles. The van der Waals surface area contributed by atoms with Crippen LogP contribution in [0, 0.1) is 0 Å². The van der Waals surface area contributed by atoms with Crippen molar-refractivity contribution in [3.63, 3.8) is 0 Å². The molecule has 10 aromatic rings. The average molecular weight is 673 g/mol. The summed E-state index contributed by atoms with van der Waals surface area (Å²) in [6, 6.07) is 60.1. The quantitative estimate of drug-likeness (QED) is 0.186. The van der Waals surface area contributed by atoms with Crippen LogP contribution in [-0.2, 0) is 0 Å². The summed E-state index contributed by atoms with van der Waals surface area (Å²) in [5.74, 6) is 1.62. The normalized spacial score (nSPS) is 12.4. The zero-order chi connectivity index (χ0) is 33.5. The van der Waals surface area contributed by atoms with Gasteiger partial charge in [-0.1, -0.05) is 91.0 Å². The number of nitrogens with zero attached hydrogens (tertiary/aromatic N) is 2. The fraction of sp³-hybridized carbons (Fsp3) is 0. The number of benzene rings is 8. The molecular formula is C46H28N2O2S. The van der Waals surface area contributed by atoms with Crippen LogP contribution >= 0.6 is 11.3 Å². The van der Waals surface area contributed by atoms with Crippen LogP contribution in [-0.4, -0.2) is 0 Å². The Hall–Kier alpha value is -6.56. The van der Waals surface area contributed by atoms with Crippen molar-refractivity contribution in [1.29, 1.82) is 0 Å². The predicted molar refractivity (Wildman–Crippen MR) is 214 cm³/mol. The minimum Gasteiger partial charge on any atom is -0.456 e. The van der Waals surface area contributed by atoms with Gasteiger partial charge in [0.1, 0.15) is 11.2 Å². The molecular weight excluding hydrogens is 645 g/mol. The number of hydrogen-bond donors (Lipinski definition) is 0. The molecule has 0 radical (unpaired) electrons. The number of para-hydroxylation sites is 3. The van der Waals surface area contributed by atoms with E-state index in [4.69, 9.17) is 9.15 Å². The number of thiophene rings is 1. The first-order chi connectivity index (χ1) is 25.3. The lowest BCUT2D eigenvalue weighted by molar-refractivity contribution is 0.477. The molecule has 0 spiro atoms. The maximum Gasteiger partial charge on any atom is 0.153 e. The summed E-state index contributed by atoms with van der Waals surface area (Å²) >= 11 is 1.84. The fourth-order valence-corrected chi connectivity index (χ4v) is 8.84. The Bertz CT molecular complexity index is 2990. The third-order valence-electron chi connectivity index (χ3n) is 10.0. The lowest BCUT2D eigenvalue weighted by Gasteiger charge is -2.34. The molecule has 0 fully saturated rings. The highest BCUT2D eigenvalue weighted by atomic mass is 32.1. The van der Waals surface area contributed by atoms with Crippen LogP contribution in [0.2, 0.25) is 0 Å². The van der Waals surface area contributed by atoms with Crippen molar-refractivity contribution in [2.75, 3.05) is 9.80 Å². The topological polar surface area (TPSA) is 28.9 Å². The van der Waals surface area contributed by atoms with Crippen molar-refractivity contribution < 1.29 is 9.15 Å². The molecule has 4 nitrogen and oxygen atoms in total. The third kappa shape index (κ3) is 4.38. The first kappa shape index (κ1) is 28.3. The van der Waals surface area contributed by atoms with E-state index in [1.54, 1.807) is 0 Å². The molecule has 8 aromatic carbocycles. The van der Waals surface area contributed by atoms with Crippen molar-refractivity contribution in [1.82, 2.24) is 0 Å². The van der Waals surface area contributed by atoms with Crippen LogP contribution in [0.3, 0.4) is 0 Å². The molecule has 11 rings (SSSR count). The van der Waals surface area contributed by atoms with E-state index >= 15 is 0 Å². The molecule has 0 atom stereocenters. The van der Waals surface area contributed by atoms with Crippen molar-refractivity contribution >= 4 is 98.3 Å². The first-order valence-corrected chi connectivity index (χ1v) is 17.9. The highest BCUT2D eigenvalue weighted by Crippen LogP contribution is 2.53. The zero-order valence-electron chi connectivity index (χ0n) is 27.3. The highest BCUT2D eigenvalue weighted by Gasteiger charge is 2.28. The largest absolute Gasteiger partial charge is 0.456 e. The second-order valence-corrected chi connectivity index (χ2v) is 14.0. The predicted octanol–water partition coefficient (Wildman–Crippen LogP) is 14.2. The van der Waals surface area contributed by atoms with Crippen LogP contribution in [0.25, 0.3) is 52.9 Å². The summed E-state index contributed by atoms with van der Waals surface area (Å²) in [6.45, 7) is 0. The number of rotatable bonds is 4. The average Bonchev–Trinajstić information content (AvgIpc) is 3.75. The molecule has 51 heavy (non-hydrogen) atoms. The van der Waals surface area contributed by atoms with Gasteiger partial charge in [0.2, 0.25) is 0 Å². The van der Waals surface area contributed by atoms with E-state index in [0.29, 0.717) is 0 Å². The second kappa shape index (κ2) is 11.0. The summed E-state index contributed by atoms with van der Waals surface area (Å²) in [7, 11) is 0. The van der Waals surface area contributed by atoms with Gasteiger partial charge in [-0.2, -0.15) is 0 Å². The number of hydrogen-bond acceptors (Lipinski definition) is 5. The van der Waals surface area contributed by atoms with Gasteiger partial charge >= 0.3 is 0 Å². The van der Waals surface area contributed by atoms with Crippen molar-refractivity contribution in [2.45, 2.75) is 0 Å². The van der Waals surface area contributed by atoms with E-state index in [9.17, 15) is 0 Å². The number of anilines is 6. The van der Waals surface area contributed by atoms with Crippen LogP contribution in [0.4, 0.5) is 34.1 Å². The van der Waals surface area contributed by atoms with Gasteiger partial charge in [0.25, 0.3) is 0 Å². The first-order valence-electron chi connectivity index (χ1n) is 17.1. The molecule has 3 heterocycles. The molecule has 5 heteroatoms. The van der Waals surface area contributed by atoms with Crippen LogP contribution in [0.1, 0.15) is 0 Å². The Morgan fingerprint density at radius 2 is 1.16 bits per heavy atom. The van der Waals surface area contributed by atoms with E-state index in [1.165, 1.54) is 30.9 Å². The molecule has 0 aliphatic carbocycles. The molecule has 1 aliphatic heterocycles. The summed E-state index contributed by atoms with van der Waals surface area (Å²) in [4.78, 5) is 4.66. The summed E-state index contributed by atoms with van der Waals surface area (Å²) in [5, 5.41) is 7.11. The maximum atomic E-state index is 6.75. The monoisotopic (exact) mass is 672 g/mol. The van der Waals surface area contributed by atoms with Gasteiger partial charge in [-0.25, -0.2) is 0 Å². The van der Waals surface area contributed by atoms with Crippen LogP contribution in [0.5, 0.6) is 11.5 Å². The number of furan rings is 1. The molecule has 0 N–H and O–H groups in total. The number of ether oxygens (including phenoxy) is 1. The Balaban J connectivity index is 1.11. The molecule has 240 valence electrons. The van der Waals surface area contributed by atoms with E-state index < -0.39 is 0 Å². The van der Waals surface area contributed by atoms with Crippen molar-refractivity contribution in [3.05, 3.63) is 170 Å². The molecule has 0 amide bonds. The van der Waals surface area contributed by atoms with Gasteiger partial charge in [-0.15, -0.1) is 11.3 Å². The van der Waals surface area contributed by atoms with E-state index in [1.807, 2.05) is 29.5 Å².